The smallest absolute Gasteiger partial charge is 0.310 e. The van der Waals surface area contributed by atoms with Crippen LogP contribution < -0.4 is 5.32 Å². The number of aryl methyl sites for hydroxylation is 1. The molecule has 2 aromatic carbocycles. The van der Waals surface area contributed by atoms with Gasteiger partial charge in [0, 0.05) is 24.1 Å². The fourth-order valence-electron chi connectivity index (χ4n) is 5.54. The molecule has 1 heterocycles. The maximum absolute atomic E-state index is 12.4. The van der Waals surface area contributed by atoms with Crippen molar-refractivity contribution in [2.45, 2.75) is 122 Å². The number of H-pyrrole nitrogens is 1. The van der Waals surface area contributed by atoms with Crippen molar-refractivity contribution in [3.63, 3.8) is 0 Å². The van der Waals surface area contributed by atoms with Gasteiger partial charge in [0.1, 0.15) is 0 Å². The Morgan fingerprint density at radius 1 is 0.767 bits per heavy atom. The highest BCUT2D eigenvalue weighted by molar-refractivity contribution is 5.80. The number of carboxylic acid groups (broad SMARTS) is 1. The van der Waals surface area contributed by atoms with Crippen LogP contribution in [0.25, 0.3) is 22.5 Å². The zero-order valence-corrected chi connectivity index (χ0v) is 26.5. The summed E-state index contributed by atoms with van der Waals surface area (Å²) >= 11 is 0. The predicted octanol–water partition coefficient (Wildman–Crippen LogP) is 9.46. The Labute approximate surface area is 259 Å². The van der Waals surface area contributed by atoms with Crippen LogP contribution in [0.15, 0.2) is 54.9 Å². The van der Waals surface area contributed by atoms with Crippen LogP contribution in [0.4, 0.5) is 0 Å². The maximum Gasteiger partial charge on any atom is 0.310 e. The van der Waals surface area contributed by atoms with E-state index >= 15 is 0 Å². The molecule has 6 heteroatoms. The van der Waals surface area contributed by atoms with Gasteiger partial charge in [0.05, 0.1) is 23.6 Å². The second kappa shape index (κ2) is 19.7. The summed E-state index contributed by atoms with van der Waals surface area (Å²) in [5.41, 5.74) is 5.57. The quantitative estimate of drug-likeness (QED) is 0.102. The van der Waals surface area contributed by atoms with Crippen LogP contribution in [0.3, 0.4) is 0 Å². The molecule has 0 spiro atoms. The van der Waals surface area contributed by atoms with Crippen LogP contribution in [-0.2, 0) is 16.0 Å². The van der Waals surface area contributed by atoms with Crippen LogP contribution in [-0.4, -0.2) is 33.5 Å². The minimum absolute atomic E-state index is 0.121. The highest BCUT2D eigenvalue weighted by atomic mass is 16.4. The van der Waals surface area contributed by atoms with Gasteiger partial charge in [-0.2, -0.15) is 0 Å². The van der Waals surface area contributed by atoms with Gasteiger partial charge in [0.25, 0.3) is 0 Å². The topological polar surface area (TPSA) is 95.1 Å². The summed E-state index contributed by atoms with van der Waals surface area (Å²) in [5.74, 6) is -1.27. The molecule has 3 aromatic rings. The van der Waals surface area contributed by atoms with E-state index in [2.05, 4.69) is 46.5 Å². The SMILES string of the molecule is CCCCCCCCCCCCCCCCNC(=O)CCc1ccc(-c2[nH]cnc2-c2ccc(C(C)C(=O)O)cc2)cc1. The zero-order chi connectivity index (χ0) is 30.7. The van der Waals surface area contributed by atoms with Gasteiger partial charge < -0.3 is 15.4 Å². The van der Waals surface area contributed by atoms with Crippen LogP contribution in [0.5, 0.6) is 0 Å². The van der Waals surface area contributed by atoms with Gasteiger partial charge >= 0.3 is 5.97 Å². The molecule has 6 nitrogen and oxygen atoms in total. The van der Waals surface area contributed by atoms with E-state index in [0.29, 0.717) is 12.8 Å². The van der Waals surface area contributed by atoms with Gasteiger partial charge in [-0.15, -0.1) is 0 Å². The average Bonchev–Trinajstić information content (AvgIpc) is 3.52. The van der Waals surface area contributed by atoms with Gasteiger partial charge in [0.15, 0.2) is 0 Å². The number of aliphatic carboxylic acids is 1. The van der Waals surface area contributed by atoms with Crippen molar-refractivity contribution in [2.75, 3.05) is 6.54 Å². The second-order valence-electron chi connectivity index (χ2n) is 12.0. The van der Waals surface area contributed by atoms with Crippen LogP contribution >= 0.6 is 0 Å². The average molecular weight is 588 g/mol. The molecular formula is C37H53N3O3. The Morgan fingerprint density at radius 2 is 1.30 bits per heavy atom. The highest BCUT2D eigenvalue weighted by Gasteiger charge is 2.15. The first-order chi connectivity index (χ1) is 21.0. The number of hydrogen-bond donors (Lipinski definition) is 3. The maximum atomic E-state index is 12.4. The molecule has 0 radical (unpaired) electrons. The molecule has 43 heavy (non-hydrogen) atoms. The Hall–Kier alpha value is -3.41. The highest BCUT2D eigenvalue weighted by Crippen LogP contribution is 2.30. The number of hydrogen-bond acceptors (Lipinski definition) is 3. The molecule has 3 N–H and O–H groups in total. The number of carbonyl (C=O) groups excluding carboxylic acids is 1. The molecule has 1 atom stereocenters. The number of carbonyl (C=O) groups is 2. The predicted molar refractivity (Wildman–Crippen MR) is 177 cm³/mol. The van der Waals surface area contributed by atoms with Crippen molar-refractivity contribution in [2.24, 2.45) is 0 Å². The Kier molecular flexibility index (Phi) is 15.6. The van der Waals surface area contributed by atoms with Crippen molar-refractivity contribution in [1.29, 1.82) is 0 Å². The van der Waals surface area contributed by atoms with Crippen molar-refractivity contribution in [3.05, 3.63) is 66.0 Å². The summed E-state index contributed by atoms with van der Waals surface area (Å²) in [4.78, 5) is 31.4. The summed E-state index contributed by atoms with van der Waals surface area (Å²) in [7, 11) is 0. The van der Waals surface area contributed by atoms with E-state index in [9.17, 15) is 14.7 Å². The van der Waals surface area contributed by atoms with Crippen LogP contribution in [0, 0.1) is 0 Å². The summed E-state index contributed by atoms with van der Waals surface area (Å²) in [6.45, 7) is 4.73. The van der Waals surface area contributed by atoms with E-state index in [0.717, 1.165) is 46.6 Å². The molecule has 0 bridgehead atoms. The van der Waals surface area contributed by atoms with Crippen LogP contribution in [0.2, 0.25) is 0 Å². The number of aromatic nitrogens is 2. The third-order valence-corrected chi connectivity index (χ3v) is 8.43. The normalized spacial score (nSPS) is 11.9. The molecular weight excluding hydrogens is 534 g/mol. The van der Waals surface area contributed by atoms with Crippen LogP contribution in [0.1, 0.15) is 127 Å². The lowest BCUT2D eigenvalue weighted by molar-refractivity contribution is -0.138. The van der Waals surface area contributed by atoms with E-state index in [1.807, 2.05) is 24.3 Å². The first-order valence-electron chi connectivity index (χ1n) is 16.7. The van der Waals surface area contributed by atoms with E-state index in [4.69, 9.17) is 0 Å². The fourth-order valence-corrected chi connectivity index (χ4v) is 5.54. The fraction of sp³-hybridized carbons (Fsp3) is 0.541. The van der Waals surface area contributed by atoms with Gasteiger partial charge in [-0.3, -0.25) is 9.59 Å². The number of benzene rings is 2. The molecule has 0 aliphatic rings. The monoisotopic (exact) mass is 587 g/mol. The van der Waals surface area contributed by atoms with E-state index in [1.165, 1.54) is 83.5 Å². The summed E-state index contributed by atoms with van der Waals surface area (Å²) in [6.07, 6.45) is 21.6. The number of imidazole rings is 1. The van der Waals surface area contributed by atoms with Crippen molar-refractivity contribution < 1.29 is 14.7 Å². The minimum atomic E-state index is -0.837. The van der Waals surface area contributed by atoms with Gasteiger partial charge in [-0.1, -0.05) is 139 Å². The number of unbranched alkanes of at least 4 members (excludes halogenated alkanes) is 13. The minimum Gasteiger partial charge on any atom is -0.481 e. The summed E-state index contributed by atoms with van der Waals surface area (Å²) < 4.78 is 0. The number of nitrogens with zero attached hydrogens (tertiary/aromatic N) is 1. The van der Waals surface area contributed by atoms with Crippen molar-refractivity contribution in [3.8, 4) is 22.5 Å². The third-order valence-electron chi connectivity index (χ3n) is 8.43. The van der Waals surface area contributed by atoms with Crippen molar-refractivity contribution in [1.82, 2.24) is 15.3 Å². The second-order valence-corrected chi connectivity index (χ2v) is 12.0. The van der Waals surface area contributed by atoms with Crippen molar-refractivity contribution >= 4 is 11.9 Å². The summed E-state index contributed by atoms with van der Waals surface area (Å²) in [6, 6.07) is 15.8. The van der Waals surface area contributed by atoms with Gasteiger partial charge in [-0.25, -0.2) is 4.98 Å². The molecule has 234 valence electrons. The number of aromatic amines is 1. The zero-order valence-electron chi connectivity index (χ0n) is 26.5. The first-order valence-corrected chi connectivity index (χ1v) is 16.7. The molecule has 0 saturated carbocycles. The summed E-state index contributed by atoms with van der Waals surface area (Å²) in [5, 5.41) is 12.3. The molecule has 3 rings (SSSR count). The standard InChI is InChI=1S/C37H53N3O3/c1-3-4-5-6-7-8-9-10-11-12-13-14-15-16-27-38-34(41)26-19-30-17-20-32(21-18-30)35-36(40-28-39-35)33-24-22-31(23-25-33)29(2)37(42)43/h17-18,20-25,28-29H,3-16,19,26-27H2,1-2H3,(H,38,41)(H,39,40)(H,42,43). The number of amides is 1. The molecule has 0 aliphatic heterocycles. The number of nitrogens with one attached hydrogen (secondary N) is 2. The third kappa shape index (κ3) is 12.4. The molecule has 0 saturated heterocycles. The van der Waals surface area contributed by atoms with E-state index in [-0.39, 0.29) is 5.91 Å². The lowest BCUT2D eigenvalue weighted by Gasteiger charge is -2.09. The van der Waals surface area contributed by atoms with Gasteiger partial charge in [0.2, 0.25) is 5.91 Å². The molecule has 1 aromatic heterocycles. The molecule has 1 amide bonds. The molecule has 0 aliphatic carbocycles. The largest absolute Gasteiger partial charge is 0.481 e. The van der Waals surface area contributed by atoms with Gasteiger partial charge in [-0.05, 0) is 30.9 Å². The lowest BCUT2D eigenvalue weighted by Crippen LogP contribution is -2.24. The number of rotatable bonds is 22. The van der Waals surface area contributed by atoms with E-state index in [1.54, 1.807) is 13.3 Å². The molecule has 0 fully saturated rings. The Morgan fingerprint density at radius 3 is 1.86 bits per heavy atom. The molecule has 1 unspecified atom stereocenters. The first kappa shape index (κ1) is 34.1. The lowest BCUT2D eigenvalue weighted by atomic mass is 9.97. The Bertz CT molecular complexity index is 1200. The van der Waals surface area contributed by atoms with E-state index < -0.39 is 11.9 Å². The Balaban J connectivity index is 1.27. The number of carboxylic acids is 1.